The van der Waals surface area contributed by atoms with Crippen molar-refractivity contribution in [1.82, 2.24) is 0 Å². The van der Waals surface area contributed by atoms with Crippen LogP contribution in [0.15, 0.2) is 173 Å². The lowest BCUT2D eigenvalue weighted by molar-refractivity contribution is 0.464. The molecule has 0 spiro atoms. The van der Waals surface area contributed by atoms with Crippen molar-refractivity contribution in [3.05, 3.63) is 164 Å². The first-order chi connectivity index (χ1) is 25.2. The van der Waals surface area contributed by atoms with Crippen LogP contribution < -0.4 is 25.9 Å². The third-order valence-electron chi connectivity index (χ3n) is 10.3. The van der Waals surface area contributed by atoms with E-state index in [1.54, 1.807) is 0 Å². The van der Waals surface area contributed by atoms with E-state index < -0.39 is 0 Å². The van der Waals surface area contributed by atoms with E-state index in [2.05, 4.69) is 109 Å². The minimum Gasteiger partial charge on any atom is -0.458 e. The van der Waals surface area contributed by atoms with Gasteiger partial charge in [0.2, 0.25) is 0 Å². The van der Waals surface area contributed by atoms with Gasteiger partial charge in [0, 0.05) is 27.4 Å². The molecule has 5 heteroatoms. The maximum atomic E-state index is 6.53. The average molecular weight is 655 g/mol. The number of hydrogen-bond acceptors (Lipinski definition) is 4. The molecule has 4 nitrogen and oxygen atoms in total. The number of furan rings is 2. The van der Waals surface area contributed by atoms with Gasteiger partial charge in [-0.1, -0.05) is 115 Å². The van der Waals surface area contributed by atoms with Crippen molar-refractivity contribution < 1.29 is 18.3 Å². The van der Waals surface area contributed by atoms with Crippen LogP contribution in [0.1, 0.15) is 0 Å². The van der Waals surface area contributed by atoms with Gasteiger partial charge in [0.15, 0.2) is 0 Å². The summed E-state index contributed by atoms with van der Waals surface area (Å²) in [6, 6.07) is 56.7. The second-order valence-electron chi connectivity index (χ2n) is 13.3. The zero-order valence-electron chi connectivity index (χ0n) is 27.3. The molecule has 0 fully saturated rings. The maximum Gasteiger partial charge on any atom is 0.260 e. The van der Waals surface area contributed by atoms with Crippen LogP contribution >= 0.6 is 0 Å². The van der Waals surface area contributed by atoms with Crippen molar-refractivity contribution in [3.63, 3.8) is 0 Å². The Kier molecular flexibility index (Phi) is 6.01. The molecule has 4 heterocycles. The van der Waals surface area contributed by atoms with Crippen LogP contribution in [0.5, 0.6) is 23.0 Å². The van der Waals surface area contributed by atoms with Crippen molar-refractivity contribution in [3.8, 4) is 67.9 Å². The quantitative estimate of drug-likeness (QED) is 0.177. The van der Waals surface area contributed by atoms with Crippen LogP contribution in [0.3, 0.4) is 0 Å². The Morgan fingerprint density at radius 3 is 1.24 bits per heavy atom. The molecular weight excluding hydrogens is 627 g/mol. The number of rotatable bonds is 4. The summed E-state index contributed by atoms with van der Waals surface area (Å²) in [5.74, 6) is 5.12. The molecule has 51 heavy (non-hydrogen) atoms. The van der Waals surface area contributed by atoms with E-state index in [1.165, 1.54) is 0 Å². The molecule has 2 aliphatic heterocycles. The molecule has 9 aromatic rings. The highest BCUT2D eigenvalue weighted by atomic mass is 16.5. The molecule has 7 aromatic carbocycles. The van der Waals surface area contributed by atoms with Gasteiger partial charge in [0.05, 0.1) is 0 Å². The third-order valence-corrected chi connectivity index (χ3v) is 10.3. The zero-order valence-corrected chi connectivity index (χ0v) is 27.3. The zero-order chi connectivity index (χ0) is 33.5. The lowest BCUT2D eigenvalue weighted by atomic mass is 9.34. The lowest BCUT2D eigenvalue weighted by Crippen LogP contribution is -2.57. The fourth-order valence-corrected chi connectivity index (χ4v) is 7.70. The Balaban J connectivity index is 0.968. The summed E-state index contributed by atoms with van der Waals surface area (Å²) < 4.78 is 25.3. The molecule has 0 unspecified atom stereocenters. The van der Waals surface area contributed by atoms with Gasteiger partial charge in [0.25, 0.3) is 6.71 Å². The summed E-state index contributed by atoms with van der Waals surface area (Å²) in [5.41, 5.74) is 11.7. The number of hydrogen-bond donors (Lipinski definition) is 0. The number of ether oxygens (including phenoxy) is 2. The highest BCUT2D eigenvalue weighted by Crippen LogP contribution is 2.37. The Bertz CT molecular complexity index is 2550. The molecule has 0 radical (unpaired) electrons. The minimum atomic E-state index is -0.0479. The highest BCUT2D eigenvalue weighted by Gasteiger charge is 2.40. The second kappa shape index (κ2) is 10.9. The molecule has 0 amide bonds. The molecule has 238 valence electrons. The summed E-state index contributed by atoms with van der Waals surface area (Å²) >= 11 is 0. The molecule has 0 atom stereocenters. The Labute approximate surface area is 294 Å². The van der Waals surface area contributed by atoms with Crippen LogP contribution in [0.25, 0.3) is 66.8 Å². The number of fused-ring (bicyclic) bond motifs is 6. The van der Waals surface area contributed by atoms with Crippen LogP contribution in [0.4, 0.5) is 0 Å². The van der Waals surface area contributed by atoms with Gasteiger partial charge >= 0.3 is 0 Å². The number of para-hydroxylation sites is 2. The lowest BCUT2D eigenvalue weighted by Gasteiger charge is -2.33. The van der Waals surface area contributed by atoms with Gasteiger partial charge in [-0.05, 0) is 81.7 Å². The highest BCUT2D eigenvalue weighted by molar-refractivity contribution is 6.98. The van der Waals surface area contributed by atoms with E-state index in [-0.39, 0.29) is 6.71 Å². The summed E-state index contributed by atoms with van der Waals surface area (Å²) in [6.07, 6.45) is 0. The summed E-state index contributed by atoms with van der Waals surface area (Å²) in [5, 5.41) is 2.20. The Morgan fingerprint density at radius 1 is 0.333 bits per heavy atom. The monoisotopic (exact) mass is 654 g/mol. The van der Waals surface area contributed by atoms with E-state index in [4.69, 9.17) is 18.3 Å². The standard InChI is InChI=1S/C46H27BO4/c1-3-8-38-34(6-1)26-44(48-38)30-16-12-28(13-17-30)32-20-22-40-36(24-32)47-37-25-33(21-23-41(37)51-43-11-5-10-42(50-40)46(43)47)29-14-18-31(19-15-29)45-27-35-7-2-4-9-39(35)49-45/h1-27H. The maximum absolute atomic E-state index is 6.53. The normalized spacial score (nSPS) is 12.6. The topological polar surface area (TPSA) is 44.7 Å². The summed E-state index contributed by atoms with van der Waals surface area (Å²) in [4.78, 5) is 0. The van der Waals surface area contributed by atoms with Crippen molar-refractivity contribution in [2.45, 2.75) is 0 Å². The predicted molar refractivity (Wildman–Crippen MR) is 205 cm³/mol. The fraction of sp³-hybridized carbons (Fsp3) is 0. The van der Waals surface area contributed by atoms with E-state index in [9.17, 15) is 0 Å². The first-order valence-corrected chi connectivity index (χ1v) is 17.2. The van der Waals surface area contributed by atoms with Gasteiger partial charge in [-0.15, -0.1) is 0 Å². The van der Waals surface area contributed by atoms with Crippen LogP contribution in [-0.2, 0) is 0 Å². The SMILES string of the molecule is c1cc2c3c(c1)Oc1ccc(-c4ccc(-c5cc6ccccc6o5)cc4)cc1B3c1cc(-c3ccc(-c4cc5ccccc5o4)cc3)ccc1O2. The van der Waals surface area contributed by atoms with E-state index in [0.717, 1.165) is 106 Å². The molecule has 2 aliphatic rings. The van der Waals surface area contributed by atoms with Gasteiger partial charge in [0.1, 0.15) is 45.7 Å². The van der Waals surface area contributed by atoms with Crippen LogP contribution in [0.2, 0.25) is 0 Å². The summed E-state index contributed by atoms with van der Waals surface area (Å²) in [6.45, 7) is -0.0479. The molecule has 0 N–H and O–H groups in total. The first kappa shape index (κ1) is 28.2. The molecule has 0 aliphatic carbocycles. The van der Waals surface area contributed by atoms with Crippen LogP contribution in [0, 0.1) is 0 Å². The van der Waals surface area contributed by atoms with Gasteiger partial charge in [-0.3, -0.25) is 0 Å². The van der Waals surface area contributed by atoms with E-state index in [0.29, 0.717) is 0 Å². The number of benzene rings is 7. The molecule has 11 rings (SSSR count). The molecule has 2 aromatic heterocycles. The molecule has 0 saturated carbocycles. The average Bonchev–Trinajstić information content (AvgIpc) is 3.83. The van der Waals surface area contributed by atoms with Gasteiger partial charge in [-0.2, -0.15) is 0 Å². The first-order valence-electron chi connectivity index (χ1n) is 17.2. The molecule has 0 bridgehead atoms. The van der Waals surface area contributed by atoms with Gasteiger partial charge in [-0.25, -0.2) is 0 Å². The molecular formula is C46H27BO4. The van der Waals surface area contributed by atoms with Crippen molar-refractivity contribution in [1.29, 1.82) is 0 Å². The summed E-state index contributed by atoms with van der Waals surface area (Å²) in [7, 11) is 0. The smallest absolute Gasteiger partial charge is 0.260 e. The Hall–Kier alpha value is -6.72. The Morgan fingerprint density at radius 2 is 0.765 bits per heavy atom. The minimum absolute atomic E-state index is 0.0479. The predicted octanol–water partition coefficient (Wildman–Crippen LogP) is 10.6. The third kappa shape index (κ3) is 4.55. The van der Waals surface area contributed by atoms with Crippen molar-refractivity contribution in [2.24, 2.45) is 0 Å². The van der Waals surface area contributed by atoms with Crippen molar-refractivity contribution >= 4 is 45.0 Å². The largest absolute Gasteiger partial charge is 0.458 e. The van der Waals surface area contributed by atoms with E-state index in [1.807, 2.05) is 54.6 Å². The van der Waals surface area contributed by atoms with Crippen molar-refractivity contribution in [2.75, 3.05) is 0 Å². The van der Waals surface area contributed by atoms with E-state index >= 15 is 0 Å². The molecule has 0 saturated heterocycles. The fourth-order valence-electron chi connectivity index (χ4n) is 7.70. The van der Waals surface area contributed by atoms with Gasteiger partial charge < -0.3 is 18.3 Å². The second-order valence-corrected chi connectivity index (χ2v) is 13.3. The van der Waals surface area contributed by atoms with Crippen LogP contribution in [-0.4, -0.2) is 6.71 Å².